The first-order valence-electron chi connectivity index (χ1n) is 6.41. The van der Waals surface area contributed by atoms with Gasteiger partial charge >= 0.3 is 0 Å². The topological polar surface area (TPSA) is 47.7 Å². The SMILES string of the molecule is Cc1cc(CNc2cc(C3CC3)nn2C)n(C)n1.Cl. The second kappa shape index (κ2) is 5.25. The number of halogens is 1. The molecule has 0 aromatic carbocycles. The van der Waals surface area contributed by atoms with Crippen LogP contribution in [0.15, 0.2) is 12.1 Å². The summed E-state index contributed by atoms with van der Waals surface area (Å²) < 4.78 is 3.84. The lowest BCUT2D eigenvalue weighted by atomic mass is 10.3. The summed E-state index contributed by atoms with van der Waals surface area (Å²) in [6.07, 6.45) is 2.58. The molecule has 0 radical (unpaired) electrons. The van der Waals surface area contributed by atoms with Gasteiger partial charge in [0.2, 0.25) is 0 Å². The van der Waals surface area contributed by atoms with Crippen molar-refractivity contribution in [1.82, 2.24) is 19.6 Å². The minimum atomic E-state index is 0. The molecule has 5 nitrogen and oxygen atoms in total. The number of hydrogen-bond donors (Lipinski definition) is 1. The van der Waals surface area contributed by atoms with Gasteiger partial charge in [0.1, 0.15) is 5.82 Å². The third-order valence-corrected chi connectivity index (χ3v) is 3.44. The minimum Gasteiger partial charge on any atom is -0.365 e. The Hall–Kier alpha value is -1.49. The van der Waals surface area contributed by atoms with Crippen LogP contribution in [0.1, 0.15) is 35.8 Å². The van der Waals surface area contributed by atoms with Gasteiger partial charge in [0.05, 0.1) is 23.6 Å². The van der Waals surface area contributed by atoms with Crippen LogP contribution in [0.3, 0.4) is 0 Å². The first kappa shape index (κ1) is 13.9. The van der Waals surface area contributed by atoms with Crippen molar-refractivity contribution in [2.45, 2.75) is 32.2 Å². The van der Waals surface area contributed by atoms with Gasteiger partial charge < -0.3 is 5.32 Å². The Balaban J connectivity index is 0.00000133. The summed E-state index contributed by atoms with van der Waals surface area (Å²) in [7, 11) is 3.96. The Morgan fingerprint density at radius 3 is 2.53 bits per heavy atom. The smallest absolute Gasteiger partial charge is 0.124 e. The van der Waals surface area contributed by atoms with E-state index < -0.39 is 0 Å². The average Bonchev–Trinajstić information content (AvgIpc) is 3.02. The monoisotopic (exact) mass is 281 g/mol. The van der Waals surface area contributed by atoms with Gasteiger partial charge in [0.15, 0.2) is 0 Å². The molecule has 1 aliphatic carbocycles. The molecular weight excluding hydrogens is 262 g/mol. The standard InChI is InChI=1S/C13H19N5.ClH/c1-9-6-11(17(2)15-9)8-14-13-7-12(10-4-5-10)16-18(13)3;/h6-7,10,14H,4-5,8H2,1-3H3;1H. The number of rotatable bonds is 4. The second-order valence-electron chi connectivity index (χ2n) is 5.11. The maximum absolute atomic E-state index is 4.54. The molecule has 0 atom stereocenters. The van der Waals surface area contributed by atoms with Crippen LogP contribution in [-0.2, 0) is 20.6 Å². The van der Waals surface area contributed by atoms with Crippen molar-refractivity contribution in [2.24, 2.45) is 14.1 Å². The maximum atomic E-state index is 4.54. The van der Waals surface area contributed by atoms with E-state index in [-0.39, 0.29) is 12.4 Å². The summed E-state index contributed by atoms with van der Waals surface area (Å²) in [5.74, 6) is 1.78. The quantitative estimate of drug-likeness (QED) is 0.936. The van der Waals surface area contributed by atoms with Crippen LogP contribution in [0, 0.1) is 6.92 Å². The van der Waals surface area contributed by atoms with Crippen LogP contribution in [0.5, 0.6) is 0 Å². The van der Waals surface area contributed by atoms with Gasteiger partial charge in [-0.25, -0.2) is 0 Å². The Labute approximate surface area is 119 Å². The zero-order chi connectivity index (χ0) is 12.7. The molecule has 2 heterocycles. The van der Waals surface area contributed by atoms with Gasteiger partial charge in [-0.3, -0.25) is 9.36 Å². The van der Waals surface area contributed by atoms with Crippen LogP contribution < -0.4 is 5.32 Å². The van der Waals surface area contributed by atoms with Crippen molar-refractivity contribution < 1.29 is 0 Å². The molecule has 3 rings (SSSR count). The molecule has 1 saturated carbocycles. The first-order chi connectivity index (χ1) is 8.63. The highest BCUT2D eigenvalue weighted by atomic mass is 35.5. The maximum Gasteiger partial charge on any atom is 0.124 e. The van der Waals surface area contributed by atoms with E-state index in [9.17, 15) is 0 Å². The molecule has 1 fully saturated rings. The molecule has 0 spiro atoms. The summed E-state index contributed by atoms with van der Waals surface area (Å²) in [4.78, 5) is 0. The van der Waals surface area contributed by atoms with E-state index in [4.69, 9.17) is 0 Å². The summed E-state index contributed by atoms with van der Waals surface area (Å²) in [5.41, 5.74) is 3.46. The largest absolute Gasteiger partial charge is 0.365 e. The molecule has 104 valence electrons. The fourth-order valence-electron chi connectivity index (χ4n) is 2.24. The van der Waals surface area contributed by atoms with Crippen LogP contribution in [0.4, 0.5) is 5.82 Å². The number of anilines is 1. The van der Waals surface area contributed by atoms with Crippen molar-refractivity contribution in [3.63, 3.8) is 0 Å². The van der Waals surface area contributed by atoms with Crippen molar-refractivity contribution >= 4 is 18.2 Å². The van der Waals surface area contributed by atoms with Crippen molar-refractivity contribution in [3.05, 3.63) is 29.2 Å². The molecule has 0 bridgehead atoms. The van der Waals surface area contributed by atoms with E-state index in [0.717, 1.165) is 18.1 Å². The van der Waals surface area contributed by atoms with Gasteiger partial charge in [0, 0.05) is 26.1 Å². The molecule has 1 aliphatic rings. The van der Waals surface area contributed by atoms with Gasteiger partial charge in [-0.1, -0.05) is 0 Å². The van der Waals surface area contributed by atoms with Gasteiger partial charge in [-0.15, -0.1) is 12.4 Å². The Morgan fingerprint density at radius 2 is 1.95 bits per heavy atom. The van der Waals surface area contributed by atoms with Crippen LogP contribution in [0.25, 0.3) is 0 Å². The molecule has 0 unspecified atom stereocenters. The van der Waals surface area contributed by atoms with E-state index in [1.807, 2.05) is 30.4 Å². The first-order valence-corrected chi connectivity index (χ1v) is 6.41. The molecular formula is C13H20ClN5. The number of hydrogen-bond acceptors (Lipinski definition) is 3. The molecule has 0 amide bonds. The molecule has 19 heavy (non-hydrogen) atoms. The molecule has 2 aromatic rings. The molecule has 0 saturated heterocycles. The predicted octanol–water partition coefficient (Wildman–Crippen LogP) is 2.37. The summed E-state index contributed by atoms with van der Waals surface area (Å²) >= 11 is 0. The van der Waals surface area contributed by atoms with Crippen molar-refractivity contribution in [3.8, 4) is 0 Å². The zero-order valence-electron chi connectivity index (χ0n) is 11.6. The van der Waals surface area contributed by atoms with Crippen LogP contribution >= 0.6 is 12.4 Å². The highest BCUT2D eigenvalue weighted by molar-refractivity contribution is 5.85. The normalized spacial score (nSPS) is 14.3. The van der Waals surface area contributed by atoms with Crippen LogP contribution in [0.2, 0.25) is 0 Å². The van der Waals surface area contributed by atoms with Crippen molar-refractivity contribution in [2.75, 3.05) is 5.32 Å². The predicted molar refractivity (Wildman–Crippen MR) is 77.7 cm³/mol. The lowest BCUT2D eigenvalue weighted by molar-refractivity contribution is 0.705. The van der Waals surface area contributed by atoms with E-state index in [2.05, 4.69) is 27.6 Å². The lowest BCUT2D eigenvalue weighted by Gasteiger charge is -2.06. The fraction of sp³-hybridized carbons (Fsp3) is 0.538. The number of nitrogens with zero attached hydrogens (tertiary/aromatic N) is 4. The number of nitrogens with one attached hydrogen (secondary N) is 1. The van der Waals surface area contributed by atoms with Gasteiger partial charge in [0.25, 0.3) is 0 Å². The highest BCUT2D eigenvalue weighted by Gasteiger charge is 2.26. The van der Waals surface area contributed by atoms with Gasteiger partial charge in [-0.05, 0) is 25.8 Å². The number of aryl methyl sites for hydroxylation is 3. The molecule has 1 N–H and O–H groups in total. The van der Waals surface area contributed by atoms with Gasteiger partial charge in [-0.2, -0.15) is 10.2 Å². The summed E-state index contributed by atoms with van der Waals surface area (Å²) in [6, 6.07) is 4.27. The van der Waals surface area contributed by atoms with Crippen LogP contribution in [-0.4, -0.2) is 19.6 Å². The van der Waals surface area contributed by atoms with Crippen molar-refractivity contribution in [1.29, 1.82) is 0 Å². The number of aromatic nitrogens is 4. The highest BCUT2D eigenvalue weighted by Crippen LogP contribution is 2.39. The fourth-order valence-corrected chi connectivity index (χ4v) is 2.24. The molecule has 0 aliphatic heterocycles. The summed E-state index contributed by atoms with van der Waals surface area (Å²) in [5, 5.41) is 12.3. The minimum absolute atomic E-state index is 0. The lowest BCUT2D eigenvalue weighted by Crippen LogP contribution is -2.08. The second-order valence-corrected chi connectivity index (χ2v) is 5.11. The van der Waals surface area contributed by atoms with E-state index in [1.165, 1.54) is 24.2 Å². The average molecular weight is 282 g/mol. The third-order valence-electron chi connectivity index (χ3n) is 3.44. The Kier molecular flexibility index (Phi) is 3.85. The zero-order valence-corrected chi connectivity index (χ0v) is 12.4. The summed E-state index contributed by atoms with van der Waals surface area (Å²) in [6.45, 7) is 2.79. The van der Waals surface area contributed by atoms with E-state index in [1.54, 1.807) is 0 Å². The van der Waals surface area contributed by atoms with E-state index in [0.29, 0.717) is 5.92 Å². The Morgan fingerprint density at radius 1 is 1.21 bits per heavy atom. The molecule has 2 aromatic heterocycles. The third kappa shape index (κ3) is 2.92. The Bertz CT molecular complexity index is 568. The van der Waals surface area contributed by atoms with E-state index >= 15 is 0 Å². The molecule has 6 heteroatoms.